The summed E-state index contributed by atoms with van der Waals surface area (Å²) in [6, 6.07) is 2.73. The fourth-order valence-electron chi connectivity index (χ4n) is 2.36. The van der Waals surface area contributed by atoms with Crippen LogP contribution in [0.2, 0.25) is 5.02 Å². The lowest BCUT2D eigenvalue weighted by Crippen LogP contribution is -2.42. The van der Waals surface area contributed by atoms with Gasteiger partial charge in [0.1, 0.15) is 0 Å². The molecule has 0 saturated carbocycles. The Morgan fingerprint density at radius 3 is 2.35 bits per heavy atom. The Hall–Kier alpha value is -2.48. The van der Waals surface area contributed by atoms with Gasteiger partial charge in [-0.2, -0.15) is 0 Å². The standard InChI is InChI=1S/C17H23ClN2O6/c1-4-17(5-2,16(23)24)9-20-15(22)10-6-11(18)14(12(7-10)25-3)26-8-13(19)21/h6-7H,4-5,8-9H2,1-3H3,(H2,19,21)(H,20,22)(H,23,24). The molecular formula is C17H23ClN2O6. The van der Waals surface area contributed by atoms with E-state index in [2.05, 4.69) is 5.32 Å². The summed E-state index contributed by atoms with van der Waals surface area (Å²) < 4.78 is 10.3. The van der Waals surface area contributed by atoms with Crippen molar-refractivity contribution in [3.63, 3.8) is 0 Å². The van der Waals surface area contributed by atoms with Gasteiger partial charge < -0.3 is 25.6 Å². The number of carbonyl (C=O) groups excluding carboxylic acids is 2. The number of halogens is 1. The summed E-state index contributed by atoms with van der Waals surface area (Å²) in [5.74, 6) is -1.91. The van der Waals surface area contributed by atoms with E-state index in [1.54, 1.807) is 13.8 Å². The van der Waals surface area contributed by atoms with Crippen LogP contribution >= 0.6 is 11.6 Å². The average molecular weight is 387 g/mol. The quantitative estimate of drug-likeness (QED) is 0.562. The number of nitrogens with two attached hydrogens (primary N) is 1. The molecule has 1 aromatic carbocycles. The van der Waals surface area contributed by atoms with Gasteiger partial charge in [-0.1, -0.05) is 25.4 Å². The van der Waals surface area contributed by atoms with Crippen LogP contribution in [-0.4, -0.2) is 43.2 Å². The summed E-state index contributed by atoms with van der Waals surface area (Å²) in [4.78, 5) is 34.8. The Morgan fingerprint density at radius 2 is 1.88 bits per heavy atom. The smallest absolute Gasteiger partial charge is 0.311 e. The molecule has 0 aromatic heterocycles. The highest BCUT2D eigenvalue weighted by Gasteiger charge is 2.35. The number of amides is 2. The number of rotatable bonds is 10. The number of primary amides is 1. The fourth-order valence-corrected chi connectivity index (χ4v) is 2.63. The van der Waals surface area contributed by atoms with E-state index >= 15 is 0 Å². The molecule has 0 aliphatic carbocycles. The van der Waals surface area contributed by atoms with Crippen LogP contribution in [0.25, 0.3) is 0 Å². The summed E-state index contributed by atoms with van der Waals surface area (Å²) in [6.07, 6.45) is 0.756. The number of nitrogens with one attached hydrogen (secondary N) is 1. The fraction of sp³-hybridized carbons (Fsp3) is 0.471. The highest BCUT2D eigenvalue weighted by Crippen LogP contribution is 2.36. The maximum absolute atomic E-state index is 12.4. The number of aliphatic carboxylic acids is 1. The van der Waals surface area contributed by atoms with Gasteiger partial charge in [-0.25, -0.2) is 0 Å². The van der Waals surface area contributed by atoms with E-state index in [4.69, 9.17) is 26.8 Å². The number of ether oxygens (including phenoxy) is 2. The minimum absolute atomic E-state index is 0.0198. The van der Waals surface area contributed by atoms with E-state index in [0.29, 0.717) is 12.8 Å². The first-order chi connectivity index (χ1) is 12.2. The third-order valence-corrected chi connectivity index (χ3v) is 4.53. The van der Waals surface area contributed by atoms with Crippen molar-refractivity contribution in [3.05, 3.63) is 22.7 Å². The number of hydrogen-bond donors (Lipinski definition) is 3. The number of hydrogen-bond acceptors (Lipinski definition) is 5. The van der Waals surface area contributed by atoms with E-state index < -0.39 is 29.8 Å². The molecule has 0 unspecified atom stereocenters. The second kappa shape index (κ2) is 9.28. The van der Waals surface area contributed by atoms with Crippen LogP contribution in [0, 0.1) is 5.41 Å². The van der Waals surface area contributed by atoms with Crippen molar-refractivity contribution in [1.82, 2.24) is 5.32 Å². The monoisotopic (exact) mass is 386 g/mol. The van der Waals surface area contributed by atoms with Crippen molar-refractivity contribution in [3.8, 4) is 11.5 Å². The van der Waals surface area contributed by atoms with Crippen molar-refractivity contribution in [1.29, 1.82) is 0 Å². The molecule has 0 bridgehead atoms. The molecule has 0 spiro atoms. The van der Waals surface area contributed by atoms with Gasteiger partial charge in [-0.15, -0.1) is 0 Å². The molecule has 1 aromatic rings. The zero-order chi connectivity index (χ0) is 19.9. The molecule has 0 aliphatic rings. The predicted molar refractivity (Wildman–Crippen MR) is 95.7 cm³/mol. The number of benzene rings is 1. The first-order valence-corrected chi connectivity index (χ1v) is 8.38. The number of carbonyl (C=O) groups is 3. The van der Waals surface area contributed by atoms with Gasteiger partial charge >= 0.3 is 5.97 Å². The Morgan fingerprint density at radius 1 is 1.27 bits per heavy atom. The molecule has 0 saturated heterocycles. The second-order valence-corrected chi connectivity index (χ2v) is 6.13. The minimum atomic E-state index is -1.03. The summed E-state index contributed by atoms with van der Waals surface area (Å²) in [5, 5.41) is 12.1. The topological polar surface area (TPSA) is 128 Å². The van der Waals surface area contributed by atoms with E-state index in [-0.39, 0.29) is 28.6 Å². The lowest BCUT2D eigenvalue weighted by molar-refractivity contribution is -0.149. The van der Waals surface area contributed by atoms with Gasteiger partial charge in [0.2, 0.25) is 0 Å². The second-order valence-electron chi connectivity index (χ2n) is 5.72. The normalized spacial score (nSPS) is 10.9. The molecule has 4 N–H and O–H groups in total. The van der Waals surface area contributed by atoms with Crippen molar-refractivity contribution in [2.75, 3.05) is 20.3 Å². The molecule has 8 nitrogen and oxygen atoms in total. The van der Waals surface area contributed by atoms with Crippen LogP contribution in [-0.2, 0) is 9.59 Å². The molecule has 1 rings (SSSR count). The first kappa shape index (κ1) is 21.6. The largest absolute Gasteiger partial charge is 0.493 e. The maximum atomic E-state index is 12.4. The Kier molecular flexibility index (Phi) is 7.70. The summed E-state index contributed by atoms with van der Waals surface area (Å²) in [6.45, 7) is 3.10. The lowest BCUT2D eigenvalue weighted by Gasteiger charge is -2.26. The van der Waals surface area contributed by atoms with E-state index in [9.17, 15) is 19.5 Å². The first-order valence-electron chi connectivity index (χ1n) is 8.01. The molecule has 2 amide bonds. The van der Waals surface area contributed by atoms with Crippen LogP contribution in [0.1, 0.15) is 37.0 Å². The Balaban J connectivity index is 3.01. The average Bonchev–Trinajstić information content (AvgIpc) is 2.60. The van der Waals surface area contributed by atoms with Crippen molar-refractivity contribution in [2.45, 2.75) is 26.7 Å². The molecular weight excluding hydrogens is 364 g/mol. The van der Waals surface area contributed by atoms with Crippen LogP contribution in [0.15, 0.2) is 12.1 Å². The van der Waals surface area contributed by atoms with E-state index in [0.717, 1.165) is 0 Å². The van der Waals surface area contributed by atoms with Crippen LogP contribution in [0.3, 0.4) is 0 Å². The number of methoxy groups -OCH3 is 1. The summed E-state index contributed by atoms with van der Waals surface area (Å²) in [5.41, 5.74) is 4.17. The van der Waals surface area contributed by atoms with Gasteiger partial charge in [0.15, 0.2) is 18.1 Å². The zero-order valence-corrected chi connectivity index (χ0v) is 15.7. The number of carboxylic acid groups (broad SMARTS) is 1. The molecule has 9 heteroatoms. The van der Waals surface area contributed by atoms with E-state index in [1.807, 2.05) is 0 Å². The molecule has 0 atom stereocenters. The van der Waals surface area contributed by atoms with Crippen molar-refractivity contribution in [2.24, 2.45) is 11.1 Å². The van der Waals surface area contributed by atoms with Crippen molar-refractivity contribution < 1.29 is 29.0 Å². The molecule has 26 heavy (non-hydrogen) atoms. The zero-order valence-electron chi connectivity index (χ0n) is 14.9. The van der Waals surface area contributed by atoms with Gasteiger partial charge in [0.05, 0.1) is 17.5 Å². The molecule has 0 fully saturated rings. The van der Waals surface area contributed by atoms with Crippen LogP contribution in [0.5, 0.6) is 11.5 Å². The SMILES string of the molecule is CCC(CC)(CNC(=O)c1cc(Cl)c(OCC(N)=O)c(OC)c1)C(=O)O. The maximum Gasteiger partial charge on any atom is 0.311 e. The third kappa shape index (κ3) is 5.01. The van der Waals surface area contributed by atoms with Gasteiger partial charge in [0, 0.05) is 12.1 Å². The summed E-state index contributed by atoms with van der Waals surface area (Å²) in [7, 11) is 1.36. The minimum Gasteiger partial charge on any atom is -0.493 e. The van der Waals surface area contributed by atoms with E-state index in [1.165, 1.54) is 19.2 Å². The van der Waals surface area contributed by atoms with Gasteiger partial charge in [-0.3, -0.25) is 14.4 Å². The Bertz CT molecular complexity index is 688. The predicted octanol–water partition coefficient (Wildman–Crippen LogP) is 1.83. The molecule has 0 heterocycles. The number of carboxylic acids is 1. The van der Waals surface area contributed by atoms with Gasteiger partial charge in [0.25, 0.3) is 11.8 Å². The molecule has 0 aliphatic heterocycles. The highest BCUT2D eigenvalue weighted by atomic mass is 35.5. The van der Waals surface area contributed by atoms with Crippen LogP contribution in [0.4, 0.5) is 0 Å². The Labute approximate surface area is 156 Å². The van der Waals surface area contributed by atoms with Gasteiger partial charge in [-0.05, 0) is 25.0 Å². The molecule has 144 valence electrons. The highest BCUT2D eigenvalue weighted by molar-refractivity contribution is 6.32. The lowest BCUT2D eigenvalue weighted by atomic mass is 9.82. The van der Waals surface area contributed by atoms with Crippen LogP contribution < -0.4 is 20.5 Å². The summed E-state index contributed by atoms with van der Waals surface area (Å²) >= 11 is 6.10. The third-order valence-electron chi connectivity index (χ3n) is 4.24. The molecule has 0 radical (unpaired) electrons. The van der Waals surface area contributed by atoms with Crippen molar-refractivity contribution >= 4 is 29.4 Å².